The molecule has 0 spiro atoms. The zero-order chi connectivity index (χ0) is 34.3. The first-order valence-electron chi connectivity index (χ1n) is 16.0. The lowest BCUT2D eigenvalue weighted by molar-refractivity contribution is -0.128. The summed E-state index contributed by atoms with van der Waals surface area (Å²) in [5.41, 5.74) is 5.60. The summed E-state index contributed by atoms with van der Waals surface area (Å²) in [6.07, 6.45) is 0.300. The average molecular weight is 638 g/mol. The molecule has 5 N–H and O–H groups in total. The van der Waals surface area contributed by atoms with E-state index in [9.17, 15) is 19.5 Å². The van der Waals surface area contributed by atoms with Crippen LogP contribution >= 0.6 is 0 Å². The number of nitrogens with two attached hydrogens (primary N) is 1. The number of benzene rings is 1. The molecular formula is C34H59N3O8. The molecule has 11 nitrogen and oxygen atoms in total. The van der Waals surface area contributed by atoms with E-state index in [2.05, 4.69) is 24.5 Å². The molecule has 0 heterocycles. The van der Waals surface area contributed by atoms with Crippen molar-refractivity contribution in [3.8, 4) is 11.5 Å². The zero-order valence-corrected chi connectivity index (χ0v) is 29.1. The van der Waals surface area contributed by atoms with E-state index >= 15 is 0 Å². The van der Waals surface area contributed by atoms with Gasteiger partial charge in [0, 0.05) is 38.5 Å². The zero-order valence-electron chi connectivity index (χ0n) is 29.1. The smallest absolute Gasteiger partial charge is 0.407 e. The van der Waals surface area contributed by atoms with E-state index in [1.807, 2.05) is 32.0 Å². The molecule has 3 amide bonds. The largest absolute Gasteiger partial charge is 0.493 e. The first kappa shape index (κ1) is 40.0. The third kappa shape index (κ3) is 15.7. The standard InChI is InChI=1S/C34H59N3O8/c1-21(2)25(17-24-12-13-29(43-10)30(18-24)44-15-11-14-42-9)19-27(37-33(41)45-34(6,7)8)28(38)20-26(22(3)4)32(40)36-23(5)16-31(35)39/h12-13,18,21-23,25-28,38H,11,14-17,19-20H2,1-10H3,(H2,35,39)(H,36,40)(H,37,41)/t23-,25+,26+,27+,28+/m1/s1. The normalized spacial score (nSPS) is 15.1. The van der Waals surface area contributed by atoms with Crippen LogP contribution in [0.15, 0.2) is 18.2 Å². The number of alkyl carbamates (subject to hydrolysis) is 1. The summed E-state index contributed by atoms with van der Waals surface area (Å²) in [6, 6.07) is 4.73. The number of methoxy groups -OCH3 is 2. The van der Waals surface area contributed by atoms with Crippen LogP contribution in [-0.2, 0) is 25.5 Å². The molecule has 5 atom stereocenters. The van der Waals surface area contributed by atoms with E-state index in [-0.39, 0.29) is 36.5 Å². The summed E-state index contributed by atoms with van der Waals surface area (Å²) in [7, 11) is 3.26. The van der Waals surface area contributed by atoms with E-state index in [4.69, 9.17) is 24.7 Å². The van der Waals surface area contributed by atoms with Crippen molar-refractivity contribution in [2.45, 2.75) is 111 Å². The van der Waals surface area contributed by atoms with Gasteiger partial charge in [-0.2, -0.15) is 0 Å². The summed E-state index contributed by atoms with van der Waals surface area (Å²) in [5, 5.41) is 17.3. The molecule has 0 saturated carbocycles. The monoisotopic (exact) mass is 637 g/mol. The van der Waals surface area contributed by atoms with Gasteiger partial charge in [-0.15, -0.1) is 0 Å². The molecule has 258 valence electrons. The highest BCUT2D eigenvalue weighted by Gasteiger charge is 2.33. The molecule has 0 aliphatic heterocycles. The van der Waals surface area contributed by atoms with Crippen LogP contribution in [-0.4, -0.2) is 74.2 Å². The fourth-order valence-corrected chi connectivity index (χ4v) is 5.15. The Labute approximate surface area is 270 Å². The van der Waals surface area contributed by atoms with Crippen molar-refractivity contribution < 1.29 is 38.4 Å². The van der Waals surface area contributed by atoms with Crippen molar-refractivity contribution in [1.29, 1.82) is 0 Å². The number of ether oxygens (including phenoxy) is 4. The Morgan fingerprint density at radius 1 is 0.933 bits per heavy atom. The maximum absolute atomic E-state index is 13.2. The molecule has 0 bridgehead atoms. The van der Waals surface area contributed by atoms with Gasteiger partial charge in [-0.05, 0) is 82.4 Å². The molecule has 0 unspecified atom stereocenters. The van der Waals surface area contributed by atoms with Gasteiger partial charge in [-0.25, -0.2) is 4.79 Å². The molecule has 0 fully saturated rings. The molecule has 1 aromatic carbocycles. The Bertz CT molecular complexity index is 1060. The predicted octanol–water partition coefficient (Wildman–Crippen LogP) is 4.61. The Morgan fingerprint density at radius 2 is 1.60 bits per heavy atom. The van der Waals surface area contributed by atoms with Crippen molar-refractivity contribution >= 4 is 17.9 Å². The van der Waals surface area contributed by atoms with Crippen molar-refractivity contribution in [2.24, 2.45) is 29.4 Å². The van der Waals surface area contributed by atoms with E-state index in [1.165, 1.54) is 0 Å². The summed E-state index contributed by atoms with van der Waals surface area (Å²) >= 11 is 0. The van der Waals surface area contributed by atoms with E-state index in [0.717, 1.165) is 12.0 Å². The molecule has 45 heavy (non-hydrogen) atoms. The van der Waals surface area contributed by atoms with Crippen molar-refractivity contribution in [3.05, 3.63) is 23.8 Å². The fraction of sp³-hybridized carbons (Fsp3) is 0.735. The van der Waals surface area contributed by atoms with Gasteiger partial charge in [0.1, 0.15) is 5.60 Å². The van der Waals surface area contributed by atoms with Crippen LogP contribution in [0, 0.1) is 23.7 Å². The lowest BCUT2D eigenvalue weighted by Crippen LogP contribution is -2.49. The second kappa shape index (κ2) is 19.5. The van der Waals surface area contributed by atoms with Crippen LogP contribution in [0.25, 0.3) is 0 Å². The van der Waals surface area contributed by atoms with Gasteiger partial charge in [0.2, 0.25) is 11.8 Å². The number of hydrogen-bond donors (Lipinski definition) is 4. The summed E-state index contributed by atoms with van der Waals surface area (Å²) in [5.74, 6) is 0.0924. The number of primary amides is 1. The number of hydrogen-bond acceptors (Lipinski definition) is 8. The number of aliphatic hydroxyl groups is 1. The van der Waals surface area contributed by atoms with Crippen LogP contribution in [0.4, 0.5) is 4.79 Å². The molecule has 0 aliphatic rings. The lowest BCUT2D eigenvalue weighted by atomic mass is 9.80. The van der Waals surface area contributed by atoms with Crippen molar-refractivity contribution in [1.82, 2.24) is 10.6 Å². The molecule has 11 heteroatoms. The summed E-state index contributed by atoms with van der Waals surface area (Å²) in [6.45, 7) is 16.2. The Morgan fingerprint density at radius 3 is 2.13 bits per heavy atom. The Balaban J connectivity index is 3.25. The van der Waals surface area contributed by atoms with Gasteiger partial charge in [-0.1, -0.05) is 33.8 Å². The van der Waals surface area contributed by atoms with Crippen LogP contribution in [0.1, 0.15) is 86.6 Å². The summed E-state index contributed by atoms with van der Waals surface area (Å²) < 4.78 is 22.1. The molecule has 1 rings (SSSR count). The maximum Gasteiger partial charge on any atom is 0.407 e. The first-order valence-corrected chi connectivity index (χ1v) is 16.0. The van der Waals surface area contributed by atoms with Gasteiger partial charge < -0.3 is 40.4 Å². The second-order valence-electron chi connectivity index (χ2n) is 13.6. The fourth-order valence-electron chi connectivity index (χ4n) is 5.15. The average Bonchev–Trinajstić information content (AvgIpc) is 2.91. The summed E-state index contributed by atoms with van der Waals surface area (Å²) in [4.78, 5) is 37.5. The highest BCUT2D eigenvalue weighted by molar-refractivity contribution is 5.80. The second-order valence-corrected chi connectivity index (χ2v) is 13.6. The number of carbonyl (C=O) groups is 3. The molecule has 1 aromatic rings. The van der Waals surface area contributed by atoms with Gasteiger partial charge in [0.25, 0.3) is 0 Å². The number of amides is 3. The number of carbonyl (C=O) groups excluding carboxylic acids is 3. The quantitative estimate of drug-likeness (QED) is 0.151. The Kier molecular flexibility index (Phi) is 17.3. The van der Waals surface area contributed by atoms with Crippen molar-refractivity contribution in [3.63, 3.8) is 0 Å². The van der Waals surface area contributed by atoms with Gasteiger partial charge >= 0.3 is 6.09 Å². The van der Waals surface area contributed by atoms with Crippen molar-refractivity contribution in [2.75, 3.05) is 27.4 Å². The highest BCUT2D eigenvalue weighted by Crippen LogP contribution is 2.32. The van der Waals surface area contributed by atoms with Gasteiger partial charge in [-0.3, -0.25) is 9.59 Å². The molecule has 0 aliphatic carbocycles. The van der Waals surface area contributed by atoms with E-state index in [0.29, 0.717) is 37.6 Å². The third-order valence-corrected chi connectivity index (χ3v) is 7.68. The minimum absolute atomic E-state index is 0.0171. The van der Waals surface area contributed by atoms with E-state index in [1.54, 1.807) is 41.9 Å². The minimum Gasteiger partial charge on any atom is -0.493 e. The maximum atomic E-state index is 13.2. The van der Waals surface area contributed by atoms with Gasteiger partial charge in [0.05, 0.1) is 25.9 Å². The Hall–Kier alpha value is -3.05. The molecular weight excluding hydrogens is 578 g/mol. The number of nitrogens with one attached hydrogen (secondary N) is 2. The first-order chi connectivity index (χ1) is 21.0. The van der Waals surface area contributed by atoms with Crippen LogP contribution < -0.4 is 25.8 Å². The SMILES string of the molecule is COCCCOc1cc(C[C@@H](C[C@H](NC(=O)OC(C)(C)C)[C@@H](O)C[C@H](C(=O)N[C@H](C)CC(N)=O)C(C)C)C(C)C)ccc1OC. The van der Waals surface area contributed by atoms with Crippen LogP contribution in [0.2, 0.25) is 0 Å². The van der Waals surface area contributed by atoms with Crippen LogP contribution in [0.3, 0.4) is 0 Å². The van der Waals surface area contributed by atoms with E-state index < -0.39 is 41.7 Å². The third-order valence-electron chi connectivity index (χ3n) is 7.68. The van der Waals surface area contributed by atoms with Gasteiger partial charge in [0.15, 0.2) is 11.5 Å². The molecule has 0 aromatic heterocycles. The topological polar surface area (TPSA) is 158 Å². The molecule has 0 saturated heterocycles. The number of aliphatic hydroxyl groups excluding tert-OH is 1. The minimum atomic E-state index is -1.04. The lowest BCUT2D eigenvalue weighted by Gasteiger charge is -2.33. The van der Waals surface area contributed by atoms with Crippen LogP contribution in [0.5, 0.6) is 11.5 Å². The number of rotatable bonds is 20. The highest BCUT2D eigenvalue weighted by atomic mass is 16.6. The molecule has 0 radical (unpaired) electrons. The predicted molar refractivity (Wildman–Crippen MR) is 175 cm³/mol.